The van der Waals surface area contributed by atoms with Gasteiger partial charge in [-0.15, -0.1) is 13.2 Å². The van der Waals surface area contributed by atoms with Gasteiger partial charge in [0.2, 0.25) is 0 Å². The van der Waals surface area contributed by atoms with Crippen LogP contribution in [0.2, 0.25) is 0 Å². The second-order valence-corrected chi connectivity index (χ2v) is 8.42. The number of nitrogens with one attached hydrogen (secondary N) is 2. The second kappa shape index (κ2) is 13.0. The Morgan fingerprint density at radius 2 is 1.64 bits per heavy atom. The molecule has 0 heterocycles. The molecule has 0 unspecified atom stereocenters. The molecule has 3 rings (SSSR count). The third-order valence-corrected chi connectivity index (χ3v) is 5.70. The van der Waals surface area contributed by atoms with Crippen molar-refractivity contribution in [3.63, 3.8) is 0 Å². The minimum Gasteiger partial charge on any atom is -0.494 e. The van der Waals surface area contributed by atoms with Crippen molar-refractivity contribution in [1.29, 1.82) is 0 Å². The molecule has 3 N–H and O–H groups in total. The Morgan fingerprint density at radius 3 is 2.25 bits per heavy atom. The first kappa shape index (κ1) is 27.1. The summed E-state index contributed by atoms with van der Waals surface area (Å²) >= 11 is 0. The first-order valence-electron chi connectivity index (χ1n) is 11.7. The van der Waals surface area contributed by atoms with Gasteiger partial charge < -0.3 is 25.2 Å². The zero-order valence-corrected chi connectivity index (χ0v) is 19.6. The van der Waals surface area contributed by atoms with Gasteiger partial charge in [0.1, 0.15) is 17.2 Å². The van der Waals surface area contributed by atoms with E-state index in [-0.39, 0.29) is 24.4 Å². The summed E-state index contributed by atoms with van der Waals surface area (Å²) in [6.07, 6.45) is 2.54. The summed E-state index contributed by atoms with van der Waals surface area (Å²) in [4.78, 5) is 25.3. The molecule has 0 aliphatic heterocycles. The van der Waals surface area contributed by atoms with Crippen molar-refractivity contribution in [2.45, 2.75) is 38.5 Å². The molecule has 1 fully saturated rings. The Morgan fingerprint density at radius 1 is 1.00 bits per heavy atom. The maximum absolute atomic E-state index is 12.8. The fourth-order valence-corrected chi connectivity index (χ4v) is 3.89. The quantitative estimate of drug-likeness (QED) is 0.392. The van der Waals surface area contributed by atoms with Crippen LogP contribution in [0.4, 0.5) is 13.2 Å². The van der Waals surface area contributed by atoms with Crippen LogP contribution >= 0.6 is 0 Å². The highest BCUT2D eigenvalue weighted by atomic mass is 19.4. The smallest absolute Gasteiger partial charge is 0.494 e. The van der Waals surface area contributed by atoms with Gasteiger partial charge in [0.05, 0.1) is 13.2 Å². The molecule has 0 aromatic heterocycles. The molecule has 10 heteroatoms. The Hall–Kier alpha value is -3.53. The normalized spacial score (nSPS) is 14.4. The lowest BCUT2D eigenvalue weighted by Gasteiger charge is -2.12. The van der Waals surface area contributed by atoms with Gasteiger partial charge >= 0.3 is 6.36 Å². The van der Waals surface area contributed by atoms with Gasteiger partial charge in [-0.2, -0.15) is 0 Å². The predicted molar refractivity (Wildman–Crippen MR) is 127 cm³/mol. The van der Waals surface area contributed by atoms with Crippen molar-refractivity contribution in [2.75, 3.05) is 19.8 Å². The van der Waals surface area contributed by atoms with E-state index in [2.05, 4.69) is 15.4 Å². The largest absolute Gasteiger partial charge is 0.573 e. The minimum atomic E-state index is -4.82. The van der Waals surface area contributed by atoms with E-state index in [4.69, 9.17) is 9.84 Å². The topological polar surface area (TPSA) is 96.9 Å². The predicted octanol–water partition coefficient (Wildman–Crippen LogP) is 4.42. The Labute approximate surface area is 207 Å². The van der Waals surface area contributed by atoms with E-state index in [1.165, 1.54) is 43.9 Å². The van der Waals surface area contributed by atoms with Gasteiger partial charge in [0, 0.05) is 12.1 Å². The van der Waals surface area contributed by atoms with E-state index in [1.807, 2.05) is 0 Å². The molecule has 36 heavy (non-hydrogen) atoms. The first-order valence-corrected chi connectivity index (χ1v) is 11.7. The van der Waals surface area contributed by atoms with Crippen LogP contribution in [0.1, 0.15) is 48.0 Å². The lowest BCUT2D eigenvalue weighted by molar-refractivity contribution is -0.274. The van der Waals surface area contributed by atoms with E-state index in [0.29, 0.717) is 23.8 Å². The summed E-state index contributed by atoms with van der Waals surface area (Å²) in [5.74, 6) is -0.289. The van der Waals surface area contributed by atoms with Gasteiger partial charge in [0.25, 0.3) is 11.8 Å². The van der Waals surface area contributed by atoms with E-state index >= 15 is 0 Å². The Balaban J connectivity index is 1.65. The van der Waals surface area contributed by atoms with Crippen LogP contribution in [-0.4, -0.2) is 43.0 Å². The van der Waals surface area contributed by atoms with Crippen LogP contribution in [-0.2, 0) is 4.79 Å². The summed E-state index contributed by atoms with van der Waals surface area (Å²) < 4.78 is 46.7. The van der Waals surface area contributed by atoms with Gasteiger partial charge in [-0.25, -0.2) is 0 Å². The van der Waals surface area contributed by atoms with Crippen molar-refractivity contribution < 1.29 is 37.3 Å². The number of rotatable bonds is 11. The number of amides is 2. The molecule has 1 saturated carbocycles. The van der Waals surface area contributed by atoms with E-state index in [0.717, 1.165) is 18.6 Å². The Bertz CT molecular complexity index is 1030. The molecule has 0 bridgehead atoms. The molecule has 0 radical (unpaired) electrons. The number of carbonyl (C=O) groups is 2. The van der Waals surface area contributed by atoms with Crippen molar-refractivity contribution in [1.82, 2.24) is 10.6 Å². The van der Waals surface area contributed by atoms with Crippen molar-refractivity contribution in [3.8, 4) is 11.5 Å². The van der Waals surface area contributed by atoms with E-state index in [1.54, 1.807) is 24.3 Å². The van der Waals surface area contributed by atoms with Crippen molar-refractivity contribution >= 4 is 17.9 Å². The van der Waals surface area contributed by atoms with Crippen molar-refractivity contribution in [2.24, 2.45) is 5.92 Å². The van der Waals surface area contributed by atoms with Crippen molar-refractivity contribution in [3.05, 3.63) is 65.4 Å². The summed E-state index contributed by atoms with van der Waals surface area (Å²) in [5, 5.41) is 13.9. The average molecular weight is 507 g/mol. The van der Waals surface area contributed by atoms with Crippen LogP contribution in [0.25, 0.3) is 6.08 Å². The maximum Gasteiger partial charge on any atom is 0.573 e. The molecule has 7 nitrogen and oxygen atoms in total. The van der Waals surface area contributed by atoms with Gasteiger partial charge in [0.15, 0.2) is 0 Å². The fraction of sp³-hybridized carbons (Fsp3) is 0.385. The first-order chi connectivity index (χ1) is 17.2. The number of aliphatic hydroxyl groups is 1. The molecule has 1 aliphatic rings. The third-order valence-electron chi connectivity index (χ3n) is 5.70. The molecule has 194 valence electrons. The van der Waals surface area contributed by atoms with Gasteiger partial charge in [-0.1, -0.05) is 37.8 Å². The van der Waals surface area contributed by atoms with Crippen LogP contribution in [0, 0.1) is 5.92 Å². The second-order valence-electron chi connectivity index (χ2n) is 8.42. The Kier molecular flexibility index (Phi) is 9.75. The number of aliphatic hydroxyl groups excluding tert-OH is 1. The lowest BCUT2D eigenvalue weighted by Crippen LogP contribution is -2.36. The molecular formula is C26H29F3N2O5. The maximum atomic E-state index is 12.8. The summed E-state index contributed by atoms with van der Waals surface area (Å²) in [5.41, 5.74) is 0.493. The SMILES string of the molecule is O=C(NCCO)C(=Cc1ccc(OC(F)(F)F)cc1)NC(=O)c1ccc(OCCC2CCCC2)cc1. The number of ether oxygens (including phenoxy) is 2. The zero-order valence-electron chi connectivity index (χ0n) is 19.6. The van der Waals surface area contributed by atoms with E-state index in [9.17, 15) is 22.8 Å². The van der Waals surface area contributed by atoms with Crippen LogP contribution in [0.15, 0.2) is 54.2 Å². The number of hydrogen-bond acceptors (Lipinski definition) is 5. The fourth-order valence-electron chi connectivity index (χ4n) is 3.89. The molecule has 0 saturated heterocycles. The molecule has 1 aliphatic carbocycles. The number of hydrogen-bond donors (Lipinski definition) is 3. The number of halogens is 3. The summed E-state index contributed by atoms with van der Waals surface area (Å²) in [7, 11) is 0. The molecular weight excluding hydrogens is 477 g/mol. The van der Waals surface area contributed by atoms with Crippen LogP contribution in [0.3, 0.4) is 0 Å². The number of alkyl halides is 3. The van der Waals surface area contributed by atoms with Gasteiger partial charge in [-0.05, 0) is 60.4 Å². The monoisotopic (exact) mass is 506 g/mol. The average Bonchev–Trinajstić information content (AvgIpc) is 3.36. The molecule has 0 spiro atoms. The number of carbonyl (C=O) groups excluding carboxylic acids is 2. The van der Waals surface area contributed by atoms with Crippen LogP contribution in [0.5, 0.6) is 11.5 Å². The lowest BCUT2D eigenvalue weighted by atomic mass is 10.1. The third kappa shape index (κ3) is 8.92. The van der Waals surface area contributed by atoms with E-state index < -0.39 is 23.9 Å². The minimum absolute atomic E-state index is 0.0443. The summed E-state index contributed by atoms with van der Waals surface area (Å²) in [6.45, 7) is 0.261. The summed E-state index contributed by atoms with van der Waals surface area (Å²) in [6, 6.07) is 11.3. The molecule has 2 aromatic rings. The molecule has 2 aromatic carbocycles. The van der Waals surface area contributed by atoms with Crippen LogP contribution < -0.4 is 20.1 Å². The molecule has 0 atom stereocenters. The number of benzene rings is 2. The zero-order chi connectivity index (χ0) is 26.0. The highest BCUT2D eigenvalue weighted by Gasteiger charge is 2.31. The highest BCUT2D eigenvalue weighted by Crippen LogP contribution is 2.27. The standard InChI is InChI=1S/C26H29F3N2O5/c27-26(28,29)36-22-9-5-19(6-10-22)17-23(25(34)30-14-15-32)31-24(33)20-7-11-21(12-8-20)35-16-13-18-3-1-2-4-18/h5-12,17-18,32H,1-4,13-16H2,(H,30,34)(H,31,33). The van der Waals surface area contributed by atoms with Gasteiger partial charge in [-0.3, -0.25) is 9.59 Å². The molecule has 2 amide bonds. The highest BCUT2D eigenvalue weighted by molar-refractivity contribution is 6.05.